The summed E-state index contributed by atoms with van der Waals surface area (Å²) in [7, 11) is 0. The van der Waals surface area contributed by atoms with E-state index in [9.17, 15) is 0 Å². The Bertz CT molecular complexity index is 2830. The summed E-state index contributed by atoms with van der Waals surface area (Å²) >= 11 is 3.77. The van der Waals surface area contributed by atoms with Gasteiger partial charge in [-0.25, -0.2) is 0 Å². The van der Waals surface area contributed by atoms with Gasteiger partial charge >= 0.3 is 0 Å². The molecule has 0 N–H and O–H groups in total. The Labute approximate surface area is 292 Å². The van der Waals surface area contributed by atoms with Gasteiger partial charge in [-0.05, 0) is 81.6 Å². The first kappa shape index (κ1) is 28.3. The minimum atomic E-state index is 1.12. The standard InChI is InChI=1S/C46H29NS2/c1-2-10-30(11-3-1)32-12-8-13-35(28-32)47(36-25-27-38-33(29-36)22-26-42-40-15-5-7-19-44(40)49-46(38)42)34-23-20-31(21-24-34)37-16-9-17-41-39-14-4-6-18-43(39)48-45(37)41/h1-29H. The van der Waals surface area contributed by atoms with E-state index in [0.717, 1.165) is 17.1 Å². The Morgan fingerprint density at radius 1 is 0.327 bits per heavy atom. The molecular weight excluding hydrogens is 631 g/mol. The SMILES string of the molecule is c1ccc(-c2cccc(N(c3ccc(-c4cccc5c4sc4ccccc45)cc3)c3ccc4c(ccc5c6ccccc6sc45)c3)c2)cc1. The lowest BCUT2D eigenvalue weighted by Crippen LogP contribution is -2.10. The van der Waals surface area contributed by atoms with E-state index in [-0.39, 0.29) is 0 Å². The van der Waals surface area contributed by atoms with Gasteiger partial charge in [0.1, 0.15) is 0 Å². The molecule has 0 atom stereocenters. The Morgan fingerprint density at radius 2 is 0.918 bits per heavy atom. The zero-order chi connectivity index (χ0) is 32.3. The maximum absolute atomic E-state index is 2.39. The summed E-state index contributed by atoms with van der Waals surface area (Å²) in [6.07, 6.45) is 0. The molecule has 0 aliphatic rings. The van der Waals surface area contributed by atoms with Crippen molar-refractivity contribution in [3.8, 4) is 22.3 Å². The van der Waals surface area contributed by atoms with Crippen LogP contribution in [-0.2, 0) is 0 Å². The number of hydrogen-bond donors (Lipinski definition) is 0. The van der Waals surface area contributed by atoms with Crippen LogP contribution in [-0.4, -0.2) is 0 Å². The predicted molar refractivity (Wildman–Crippen MR) is 215 cm³/mol. The van der Waals surface area contributed by atoms with Gasteiger partial charge in [-0.15, -0.1) is 22.7 Å². The maximum atomic E-state index is 2.39. The van der Waals surface area contributed by atoms with Crippen LogP contribution in [0.15, 0.2) is 176 Å². The van der Waals surface area contributed by atoms with Gasteiger partial charge in [-0.3, -0.25) is 0 Å². The summed E-state index contributed by atoms with van der Waals surface area (Å²) in [4.78, 5) is 2.39. The molecule has 2 heterocycles. The molecule has 0 fully saturated rings. The van der Waals surface area contributed by atoms with Crippen molar-refractivity contribution >= 4 is 90.9 Å². The maximum Gasteiger partial charge on any atom is 0.0468 e. The quantitative estimate of drug-likeness (QED) is 0.178. The molecule has 8 aromatic carbocycles. The number of benzene rings is 8. The number of hydrogen-bond acceptors (Lipinski definition) is 3. The van der Waals surface area contributed by atoms with Gasteiger partial charge in [0, 0.05) is 57.4 Å². The molecule has 0 bridgehead atoms. The van der Waals surface area contributed by atoms with Crippen LogP contribution in [0.4, 0.5) is 17.1 Å². The molecule has 0 spiro atoms. The molecule has 3 heteroatoms. The van der Waals surface area contributed by atoms with E-state index in [1.165, 1.54) is 73.4 Å². The number of nitrogens with zero attached hydrogens (tertiary/aromatic N) is 1. The van der Waals surface area contributed by atoms with E-state index < -0.39 is 0 Å². The third-order valence-corrected chi connectivity index (χ3v) is 12.1. The average molecular weight is 660 g/mol. The highest BCUT2D eigenvalue weighted by Gasteiger charge is 2.17. The normalized spacial score (nSPS) is 11.7. The zero-order valence-corrected chi connectivity index (χ0v) is 28.1. The minimum Gasteiger partial charge on any atom is -0.310 e. The van der Waals surface area contributed by atoms with Crippen molar-refractivity contribution in [1.82, 2.24) is 0 Å². The lowest BCUT2D eigenvalue weighted by Gasteiger charge is -2.26. The molecule has 10 rings (SSSR count). The van der Waals surface area contributed by atoms with E-state index in [4.69, 9.17) is 0 Å². The number of thiophene rings is 2. The van der Waals surface area contributed by atoms with Crippen LogP contribution in [0.5, 0.6) is 0 Å². The van der Waals surface area contributed by atoms with Gasteiger partial charge < -0.3 is 4.90 Å². The molecule has 2 aromatic heterocycles. The number of anilines is 3. The Balaban J connectivity index is 1.12. The molecule has 1 nitrogen and oxygen atoms in total. The summed E-state index contributed by atoms with van der Waals surface area (Å²) in [5.41, 5.74) is 8.30. The van der Waals surface area contributed by atoms with Crippen LogP contribution in [0.1, 0.15) is 0 Å². The van der Waals surface area contributed by atoms with Crippen LogP contribution in [0.2, 0.25) is 0 Å². The molecule has 0 aliphatic carbocycles. The summed E-state index contributed by atoms with van der Waals surface area (Å²) in [5.74, 6) is 0. The van der Waals surface area contributed by atoms with E-state index >= 15 is 0 Å². The van der Waals surface area contributed by atoms with Gasteiger partial charge in [-0.1, -0.05) is 127 Å². The van der Waals surface area contributed by atoms with Crippen LogP contribution in [0, 0.1) is 0 Å². The van der Waals surface area contributed by atoms with Crippen molar-refractivity contribution in [3.63, 3.8) is 0 Å². The van der Waals surface area contributed by atoms with Crippen molar-refractivity contribution in [2.24, 2.45) is 0 Å². The second-order valence-electron chi connectivity index (χ2n) is 12.5. The first-order valence-electron chi connectivity index (χ1n) is 16.6. The van der Waals surface area contributed by atoms with Gasteiger partial charge in [0.2, 0.25) is 0 Å². The first-order valence-corrected chi connectivity index (χ1v) is 18.2. The molecule has 10 aromatic rings. The molecule has 49 heavy (non-hydrogen) atoms. The summed E-state index contributed by atoms with van der Waals surface area (Å²) in [5, 5.41) is 7.86. The fourth-order valence-corrected chi connectivity index (χ4v) is 9.78. The highest BCUT2D eigenvalue weighted by Crippen LogP contribution is 2.44. The van der Waals surface area contributed by atoms with E-state index in [0.29, 0.717) is 0 Å². The van der Waals surface area contributed by atoms with E-state index in [1.54, 1.807) is 0 Å². The van der Waals surface area contributed by atoms with E-state index in [1.807, 2.05) is 22.7 Å². The fraction of sp³-hybridized carbons (Fsp3) is 0. The number of fused-ring (bicyclic) bond motifs is 8. The van der Waals surface area contributed by atoms with Crippen molar-refractivity contribution in [2.45, 2.75) is 0 Å². The predicted octanol–water partition coefficient (Wildman–Crippen LogP) is 14.4. The Kier molecular flexibility index (Phi) is 6.61. The van der Waals surface area contributed by atoms with Crippen LogP contribution in [0.25, 0.3) is 73.4 Å². The number of rotatable bonds is 5. The molecule has 230 valence electrons. The molecule has 0 radical (unpaired) electrons. The van der Waals surface area contributed by atoms with Crippen molar-refractivity contribution in [3.05, 3.63) is 176 Å². The van der Waals surface area contributed by atoms with E-state index in [2.05, 4.69) is 181 Å². The van der Waals surface area contributed by atoms with Gasteiger partial charge in [0.15, 0.2) is 0 Å². The largest absolute Gasteiger partial charge is 0.310 e. The monoisotopic (exact) mass is 659 g/mol. The third kappa shape index (κ3) is 4.74. The minimum absolute atomic E-state index is 1.12. The molecule has 0 aliphatic heterocycles. The highest BCUT2D eigenvalue weighted by atomic mass is 32.1. The molecule has 0 saturated carbocycles. The Hall–Kier alpha value is -5.74. The van der Waals surface area contributed by atoms with Crippen molar-refractivity contribution in [1.29, 1.82) is 0 Å². The zero-order valence-electron chi connectivity index (χ0n) is 26.5. The van der Waals surface area contributed by atoms with Crippen molar-refractivity contribution < 1.29 is 0 Å². The highest BCUT2D eigenvalue weighted by molar-refractivity contribution is 7.27. The average Bonchev–Trinajstić information content (AvgIpc) is 3.75. The first-order chi connectivity index (χ1) is 24.3. The topological polar surface area (TPSA) is 3.24 Å². The van der Waals surface area contributed by atoms with Gasteiger partial charge in [-0.2, -0.15) is 0 Å². The molecule has 0 unspecified atom stereocenters. The van der Waals surface area contributed by atoms with Crippen LogP contribution < -0.4 is 4.90 Å². The Morgan fingerprint density at radius 3 is 1.71 bits per heavy atom. The molecule has 0 amide bonds. The molecular formula is C46H29NS2. The van der Waals surface area contributed by atoms with Gasteiger partial charge in [0.25, 0.3) is 0 Å². The van der Waals surface area contributed by atoms with Gasteiger partial charge in [0.05, 0.1) is 0 Å². The lowest BCUT2D eigenvalue weighted by atomic mass is 10.0. The summed E-state index contributed by atoms with van der Waals surface area (Å²) < 4.78 is 5.35. The lowest BCUT2D eigenvalue weighted by molar-refractivity contribution is 1.29. The summed E-state index contributed by atoms with van der Waals surface area (Å²) in [6, 6.07) is 64.3. The van der Waals surface area contributed by atoms with Crippen LogP contribution >= 0.6 is 22.7 Å². The fourth-order valence-electron chi connectivity index (χ4n) is 7.30. The second-order valence-corrected chi connectivity index (χ2v) is 14.6. The smallest absolute Gasteiger partial charge is 0.0468 e. The second kappa shape index (κ2) is 11.5. The summed E-state index contributed by atoms with van der Waals surface area (Å²) in [6.45, 7) is 0. The third-order valence-electron chi connectivity index (χ3n) is 9.65. The van der Waals surface area contributed by atoms with Crippen molar-refractivity contribution in [2.75, 3.05) is 4.90 Å². The molecule has 0 saturated heterocycles. The van der Waals surface area contributed by atoms with Crippen LogP contribution in [0.3, 0.4) is 0 Å².